The molecule has 5 rings (SSSR count). The first-order valence-corrected chi connectivity index (χ1v) is 11.8. The highest BCUT2D eigenvalue weighted by atomic mass is 35.5. The molecular weight excluding hydrogens is 393 g/mol. The van der Waals surface area contributed by atoms with Crippen molar-refractivity contribution in [3.05, 3.63) is 68.7 Å². The van der Waals surface area contributed by atoms with E-state index < -0.39 is 0 Å². The summed E-state index contributed by atoms with van der Waals surface area (Å²) in [6.45, 7) is 2.22. The van der Waals surface area contributed by atoms with Crippen LogP contribution >= 0.6 is 35.1 Å². The van der Waals surface area contributed by atoms with Gasteiger partial charge in [-0.05, 0) is 84.2 Å². The van der Waals surface area contributed by atoms with Gasteiger partial charge in [0.05, 0.1) is 10.0 Å². The molecule has 0 N–H and O–H groups in total. The van der Waals surface area contributed by atoms with E-state index in [0.29, 0.717) is 10.0 Å². The predicted octanol–water partition coefficient (Wildman–Crippen LogP) is 7.42. The first kappa shape index (κ1) is 18.4. The predicted molar refractivity (Wildman–Crippen MR) is 117 cm³/mol. The molecule has 1 aliphatic heterocycles. The zero-order valence-electron chi connectivity index (χ0n) is 15.5. The molecule has 1 fully saturated rings. The number of rotatable bonds is 4. The van der Waals surface area contributed by atoms with E-state index in [-0.39, 0.29) is 0 Å². The molecule has 2 unspecified atom stereocenters. The van der Waals surface area contributed by atoms with Gasteiger partial charge in [0.1, 0.15) is 0 Å². The summed E-state index contributed by atoms with van der Waals surface area (Å²) in [6.07, 6.45) is 6.98. The molecule has 2 aromatic rings. The van der Waals surface area contributed by atoms with Crippen LogP contribution in [0.15, 0.2) is 36.4 Å². The Labute approximate surface area is 176 Å². The minimum atomic E-state index is 0.632. The van der Waals surface area contributed by atoms with Crippen molar-refractivity contribution in [3.8, 4) is 0 Å². The van der Waals surface area contributed by atoms with E-state index in [9.17, 15) is 0 Å². The quantitative estimate of drug-likeness (QED) is 0.475. The van der Waals surface area contributed by atoms with Crippen LogP contribution in [0.25, 0.3) is 0 Å². The minimum Gasteiger partial charge on any atom is -0.246 e. The Bertz CT molecular complexity index is 848. The van der Waals surface area contributed by atoms with Gasteiger partial charge in [0, 0.05) is 18.8 Å². The summed E-state index contributed by atoms with van der Waals surface area (Å²) in [5, 5.41) is 1.28. The minimum absolute atomic E-state index is 0.632. The molecule has 0 aromatic heterocycles. The van der Waals surface area contributed by atoms with Crippen molar-refractivity contribution in [1.29, 1.82) is 0 Å². The molecule has 2 aliphatic carbocycles. The number of benzene rings is 2. The second-order valence-electron chi connectivity index (χ2n) is 8.31. The third kappa shape index (κ3) is 3.79. The first-order chi connectivity index (χ1) is 13.2. The van der Waals surface area contributed by atoms with E-state index >= 15 is 0 Å². The maximum absolute atomic E-state index is 6.18. The molecule has 2 atom stereocenters. The van der Waals surface area contributed by atoms with Gasteiger partial charge in [0.15, 0.2) is 0 Å². The average molecular weight is 418 g/mol. The number of hydrogen-bond donors (Lipinski definition) is 0. The van der Waals surface area contributed by atoms with Gasteiger partial charge >= 0.3 is 0 Å². The third-order valence-corrected chi connectivity index (χ3v) is 8.40. The van der Waals surface area contributed by atoms with Gasteiger partial charge in [0.25, 0.3) is 0 Å². The Hall–Kier alpha value is -0.670. The molecule has 1 saturated carbocycles. The lowest BCUT2D eigenvalue weighted by molar-refractivity contribution is 0.410. The maximum atomic E-state index is 6.18. The summed E-state index contributed by atoms with van der Waals surface area (Å²) in [5.74, 6) is 3.52. The Morgan fingerprint density at radius 3 is 2.67 bits per heavy atom. The zero-order chi connectivity index (χ0) is 18.4. The first-order valence-electron chi connectivity index (χ1n) is 10.1. The van der Waals surface area contributed by atoms with Crippen LogP contribution in [-0.4, -0.2) is 10.8 Å². The van der Waals surface area contributed by atoms with E-state index in [1.165, 1.54) is 44.2 Å². The van der Waals surface area contributed by atoms with Crippen LogP contribution in [0.3, 0.4) is 0 Å². The van der Waals surface area contributed by atoms with Crippen LogP contribution in [0.1, 0.15) is 66.2 Å². The Morgan fingerprint density at radius 2 is 1.85 bits per heavy atom. The average Bonchev–Trinajstić information content (AvgIpc) is 3.52. The van der Waals surface area contributed by atoms with Crippen molar-refractivity contribution in [1.82, 2.24) is 4.31 Å². The molecule has 0 radical (unpaired) electrons. The smallest absolute Gasteiger partial charge is 0.0595 e. The Balaban J connectivity index is 1.34. The Morgan fingerprint density at radius 1 is 0.963 bits per heavy atom. The van der Waals surface area contributed by atoms with Gasteiger partial charge in [-0.2, -0.15) is 0 Å². The van der Waals surface area contributed by atoms with Crippen LogP contribution in [-0.2, 0) is 12.3 Å². The highest BCUT2D eigenvalue weighted by molar-refractivity contribution is 7.96. The largest absolute Gasteiger partial charge is 0.246 e. The van der Waals surface area contributed by atoms with Crippen molar-refractivity contribution in [3.63, 3.8) is 0 Å². The van der Waals surface area contributed by atoms with Gasteiger partial charge in [-0.25, -0.2) is 4.31 Å². The van der Waals surface area contributed by atoms with Crippen molar-refractivity contribution in [2.24, 2.45) is 5.92 Å². The van der Waals surface area contributed by atoms with E-state index in [2.05, 4.69) is 28.6 Å². The van der Waals surface area contributed by atoms with Crippen LogP contribution in [0.5, 0.6) is 0 Å². The van der Waals surface area contributed by atoms with E-state index in [4.69, 9.17) is 23.2 Å². The fraction of sp³-hybridized carbons (Fsp3) is 0.478. The van der Waals surface area contributed by atoms with Crippen molar-refractivity contribution in [2.75, 3.05) is 6.54 Å². The molecule has 4 heteroatoms. The lowest BCUT2D eigenvalue weighted by Gasteiger charge is -2.32. The van der Waals surface area contributed by atoms with Crippen LogP contribution < -0.4 is 0 Å². The van der Waals surface area contributed by atoms with Gasteiger partial charge in [0.2, 0.25) is 0 Å². The zero-order valence-corrected chi connectivity index (χ0v) is 17.8. The fourth-order valence-corrected chi connectivity index (χ4v) is 6.32. The fourth-order valence-electron chi connectivity index (χ4n) is 5.02. The summed E-state index contributed by atoms with van der Waals surface area (Å²) in [4.78, 5) is 0. The molecule has 2 aromatic carbocycles. The van der Waals surface area contributed by atoms with Gasteiger partial charge in [-0.15, -0.1) is 0 Å². The van der Waals surface area contributed by atoms with Crippen molar-refractivity contribution < 1.29 is 0 Å². The second kappa shape index (κ2) is 7.63. The molecule has 3 aliphatic rings. The molecule has 0 amide bonds. The summed E-state index contributed by atoms with van der Waals surface area (Å²) < 4.78 is 2.56. The topological polar surface area (TPSA) is 3.24 Å². The second-order valence-corrected chi connectivity index (χ2v) is 10.2. The third-order valence-electron chi connectivity index (χ3n) is 6.53. The monoisotopic (exact) mass is 417 g/mol. The van der Waals surface area contributed by atoms with Crippen molar-refractivity contribution >= 4 is 35.1 Å². The highest BCUT2D eigenvalue weighted by Gasteiger charge is 2.39. The molecule has 27 heavy (non-hydrogen) atoms. The molecule has 0 spiro atoms. The molecular formula is C23H25Cl2NS. The SMILES string of the molecule is Clc1ccc(CSN2CCC3CCC(C4CC4)c4cccc(c43)C2)cc1Cl. The lowest BCUT2D eigenvalue weighted by Crippen LogP contribution is -2.17. The maximum Gasteiger partial charge on any atom is 0.0595 e. The van der Waals surface area contributed by atoms with E-state index in [0.717, 1.165) is 30.1 Å². The summed E-state index contributed by atoms with van der Waals surface area (Å²) in [7, 11) is 0. The molecule has 1 nitrogen and oxygen atoms in total. The normalized spacial score (nSPS) is 25.1. The van der Waals surface area contributed by atoms with Gasteiger partial charge in [-0.3, -0.25) is 0 Å². The number of halogens is 2. The van der Waals surface area contributed by atoms with Gasteiger partial charge in [-0.1, -0.05) is 59.4 Å². The molecule has 0 bridgehead atoms. The molecule has 142 valence electrons. The van der Waals surface area contributed by atoms with Crippen LogP contribution in [0.4, 0.5) is 0 Å². The van der Waals surface area contributed by atoms with E-state index in [1.807, 2.05) is 24.1 Å². The highest BCUT2D eigenvalue weighted by Crippen LogP contribution is 2.53. The molecule has 0 saturated heterocycles. The summed E-state index contributed by atoms with van der Waals surface area (Å²) in [5.41, 5.74) is 6.23. The summed E-state index contributed by atoms with van der Waals surface area (Å²) >= 11 is 14.2. The lowest BCUT2D eigenvalue weighted by atomic mass is 9.72. The summed E-state index contributed by atoms with van der Waals surface area (Å²) in [6, 6.07) is 13.1. The van der Waals surface area contributed by atoms with Crippen LogP contribution in [0, 0.1) is 5.92 Å². The standard InChI is InChI=1S/C23H25Cl2NS/c24-21-9-4-15(12-22(21)25)14-27-26-11-10-17-7-8-19(16-5-6-16)20-3-1-2-18(13-26)23(17)20/h1-4,9,12,16-17,19H,5-8,10-11,13-14H2. The molecule has 1 heterocycles. The van der Waals surface area contributed by atoms with Crippen molar-refractivity contribution in [2.45, 2.75) is 56.2 Å². The Kier molecular flexibility index (Phi) is 5.19. The van der Waals surface area contributed by atoms with Gasteiger partial charge < -0.3 is 0 Å². The van der Waals surface area contributed by atoms with E-state index in [1.54, 1.807) is 16.7 Å². The number of nitrogens with zero attached hydrogens (tertiary/aromatic N) is 1. The number of hydrogen-bond acceptors (Lipinski definition) is 2. The van der Waals surface area contributed by atoms with Crippen LogP contribution in [0.2, 0.25) is 10.0 Å².